The minimum absolute atomic E-state index is 0.293. The molecule has 5 aromatic rings. The maximum absolute atomic E-state index is 13.2. The van der Waals surface area contributed by atoms with E-state index >= 15 is 0 Å². The molecular formula is C23H21ClN6O3. The van der Waals surface area contributed by atoms with Gasteiger partial charge in [0.05, 0.1) is 13.2 Å². The number of imidazole rings is 1. The second-order valence-electron chi connectivity index (χ2n) is 7.67. The third-order valence-corrected chi connectivity index (χ3v) is 6.06. The van der Waals surface area contributed by atoms with Gasteiger partial charge in [0, 0.05) is 24.7 Å². The van der Waals surface area contributed by atoms with Gasteiger partial charge in [-0.1, -0.05) is 29.8 Å². The summed E-state index contributed by atoms with van der Waals surface area (Å²) < 4.78 is 11.6. The van der Waals surface area contributed by atoms with Gasteiger partial charge in [0.25, 0.3) is 5.56 Å². The van der Waals surface area contributed by atoms with Crippen molar-refractivity contribution in [3.05, 3.63) is 80.0 Å². The Morgan fingerprint density at radius 3 is 2.39 bits per heavy atom. The molecule has 2 aromatic carbocycles. The quantitative estimate of drug-likeness (QED) is 0.399. The number of rotatable bonds is 5. The first kappa shape index (κ1) is 21.0. The van der Waals surface area contributed by atoms with Crippen molar-refractivity contribution in [3.63, 3.8) is 0 Å². The Morgan fingerprint density at radius 1 is 0.970 bits per heavy atom. The number of halogens is 1. The number of ether oxygens (including phenoxy) is 1. The van der Waals surface area contributed by atoms with Gasteiger partial charge in [-0.25, -0.2) is 9.20 Å². The van der Waals surface area contributed by atoms with E-state index in [1.54, 1.807) is 22.1 Å². The van der Waals surface area contributed by atoms with Gasteiger partial charge in [-0.15, -0.1) is 10.2 Å². The van der Waals surface area contributed by atoms with E-state index in [1.807, 2.05) is 49.4 Å². The van der Waals surface area contributed by atoms with Crippen LogP contribution in [0.25, 0.3) is 28.3 Å². The summed E-state index contributed by atoms with van der Waals surface area (Å²) in [5.74, 6) is 1.69. The average Bonchev–Trinajstić information content (AvgIpc) is 3.37. The molecule has 0 saturated carbocycles. The lowest BCUT2D eigenvalue weighted by atomic mass is 10.2. The van der Waals surface area contributed by atoms with Crippen LogP contribution in [-0.2, 0) is 20.6 Å². The predicted molar refractivity (Wildman–Crippen MR) is 126 cm³/mol. The number of hydrogen-bond donors (Lipinski definition) is 0. The number of aryl methyl sites for hydroxylation is 1. The van der Waals surface area contributed by atoms with Gasteiger partial charge in [-0.3, -0.25) is 18.5 Å². The molecule has 3 heterocycles. The molecule has 0 aliphatic heterocycles. The number of fused-ring (bicyclic) bond motifs is 3. The van der Waals surface area contributed by atoms with Crippen LogP contribution in [-0.4, -0.2) is 34.9 Å². The maximum atomic E-state index is 13.2. The fourth-order valence-electron chi connectivity index (χ4n) is 4.05. The molecule has 0 unspecified atom stereocenters. The Kier molecular flexibility index (Phi) is 5.05. The SMILES string of the molecule is CCOc1ccc(-c2nnc3n(Cc4ccccc4Cl)c4c(=O)n(C)c(=O)n(C)c4n23)cc1. The second-order valence-corrected chi connectivity index (χ2v) is 8.08. The molecule has 168 valence electrons. The van der Waals surface area contributed by atoms with E-state index in [0.717, 1.165) is 21.4 Å². The van der Waals surface area contributed by atoms with Crippen LogP contribution in [0.5, 0.6) is 5.75 Å². The topological polar surface area (TPSA) is 88.3 Å². The van der Waals surface area contributed by atoms with Gasteiger partial charge >= 0.3 is 5.69 Å². The van der Waals surface area contributed by atoms with E-state index in [9.17, 15) is 9.59 Å². The van der Waals surface area contributed by atoms with E-state index in [2.05, 4.69) is 10.2 Å². The van der Waals surface area contributed by atoms with Crippen LogP contribution in [0, 0.1) is 0 Å². The van der Waals surface area contributed by atoms with Crippen molar-refractivity contribution < 1.29 is 4.74 Å². The van der Waals surface area contributed by atoms with E-state index < -0.39 is 11.2 Å². The first-order valence-corrected chi connectivity index (χ1v) is 10.8. The molecule has 0 N–H and O–H groups in total. The van der Waals surface area contributed by atoms with Crippen molar-refractivity contribution in [2.75, 3.05) is 6.61 Å². The molecule has 0 atom stereocenters. The number of nitrogens with zero attached hydrogens (tertiary/aromatic N) is 6. The summed E-state index contributed by atoms with van der Waals surface area (Å²) in [5, 5.41) is 9.36. The summed E-state index contributed by atoms with van der Waals surface area (Å²) in [5.41, 5.74) is 1.51. The third-order valence-electron chi connectivity index (χ3n) is 5.69. The highest BCUT2D eigenvalue weighted by Gasteiger charge is 2.24. The zero-order valence-corrected chi connectivity index (χ0v) is 19.1. The van der Waals surface area contributed by atoms with Crippen molar-refractivity contribution >= 4 is 28.5 Å². The van der Waals surface area contributed by atoms with Crippen LogP contribution < -0.4 is 16.0 Å². The zero-order valence-electron chi connectivity index (χ0n) is 18.3. The van der Waals surface area contributed by atoms with Crippen molar-refractivity contribution in [2.24, 2.45) is 14.1 Å². The van der Waals surface area contributed by atoms with Crippen LogP contribution in [0.4, 0.5) is 0 Å². The first-order valence-electron chi connectivity index (χ1n) is 10.4. The van der Waals surface area contributed by atoms with Gasteiger partial charge in [0.2, 0.25) is 5.78 Å². The minimum atomic E-state index is -0.435. The van der Waals surface area contributed by atoms with Gasteiger partial charge in [-0.2, -0.15) is 0 Å². The fourth-order valence-corrected chi connectivity index (χ4v) is 4.25. The normalized spacial score (nSPS) is 11.5. The van der Waals surface area contributed by atoms with Crippen molar-refractivity contribution in [1.82, 2.24) is 28.3 Å². The van der Waals surface area contributed by atoms with Gasteiger partial charge in [0.15, 0.2) is 17.0 Å². The smallest absolute Gasteiger partial charge is 0.332 e. The Hall–Kier alpha value is -3.85. The maximum Gasteiger partial charge on any atom is 0.332 e. The lowest BCUT2D eigenvalue weighted by Gasteiger charge is -2.08. The molecule has 3 aromatic heterocycles. The van der Waals surface area contributed by atoms with Crippen molar-refractivity contribution in [3.8, 4) is 17.1 Å². The van der Waals surface area contributed by atoms with E-state index in [0.29, 0.717) is 40.9 Å². The number of hydrogen-bond acceptors (Lipinski definition) is 5. The van der Waals surface area contributed by atoms with Crippen LogP contribution in [0.3, 0.4) is 0 Å². The molecule has 0 aliphatic carbocycles. The van der Waals surface area contributed by atoms with E-state index in [-0.39, 0.29) is 0 Å². The number of aromatic nitrogens is 6. The zero-order chi connectivity index (χ0) is 23.3. The summed E-state index contributed by atoms with van der Waals surface area (Å²) in [7, 11) is 3.09. The highest BCUT2D eigenvalue weighted by molar-refractivity contribution is 6.31. The fraction of sp³-hybridized carbons (Fsp3) is 0.217. The van der Waals surface area contributed by atoms with Gasteiger partial charge < -0.3 is 4.74 Å². The highest BCUT2D eigenvalue weighted by Crippen LogP contribution is 2.27. The minimum Gasteiger partial charge on any atom is -0.494 e. The standard InChI is InChI=1S/C23H21ClN6O3/c1-4-33-16-11-9-14(10-12-16)19-25-26-22-29(13-15-7-5-6-8-17(15)24)18-20(30(19)22)27(2)23(32)28(3)21(18)31/h5-12H,4,13H2,1-3H3. The predicted octanol–water partition coefficient (Wildman–Crippen LogP) is 2.85. The lowest BCUT2D eigenvalue weighted by Crippen LogP contribution is -2.37. The van der Waals surface area contributed by atoms with Crippen molar-refractivity contribution in [1.29, 1.82) is 0 Å². The molecule has 33 heavy (non-hydrogen) atoms. The molecule has 0 saturated heterocycles. The molecule has 0 amide bonds. The largest absolute Gasteiger partial charge is 0.494 e. The molecule has 10 heteroatoms. The Bertz CT molecular complexity index is 1630. The Labute approximate surface area is 193 Å². The summed E-state index contributed by atoms with van der Waals surface area (Å²) in [6.07, 6.45) is 0. The number of benzene rings is 2. The van der Waals surface area contributed by atoms with Gasteiger partial charge in [-0.05, 0) is 42.8 Å². The van der Waals surface area contributed by atoms with Crippen LogP contribution >= 0.6 is 11.6 Å². The Morgan fingerprint density at radius 2 is 1.70 bits per heavy atom. The molecule has 9 nitrogen and oxygen atoms in total. The van der Waals surface area contributed by atoms with Crippen LogP contribution in [0.15, 0.2) is 58.1 Å². The summed E-state index contributed by atoms with van der Waals surface area (Å²) in [6.45, 7) is 2.78. The average molecular weight is 465 g/mol. The third kappa shape index (κ3) is 3.23. The summed E-state index contributed by atoms with van der Waals surface area (Å²) in [6, 6.07) is 14.9. The lowest BCUT2D eigenvalue weighted by molar-refractivity contribution is 0.340. The first-order chi connectivity index (χ1) is 15.9. The second kappa shape index (κ2) is 7.93. The van der Waals surface area contributed by atoms with Crippen LogP contribution in [0.2, 0.25) is 5.02 Å². The molecule has 0 spiro atoms. The van der Waals surface area contributed by atoms with Crippen LogP contribution in [0.1, 0.15) is 12.5 Å². The highest BCUT2D eigenvalue weighted by atomic mass is 35.5. The van der Waals surface area contributed by atoms with E-state index in [4.69, 9.17) is 16.3 Å². The molecule has 0 bridgehead atoms. The van der Waals surface area contributed by atoms with Gasteiger partial charge in [0.1, 0.15) is 5.75 Å². The monoisotopic (exact) mass is 464 g/mol. The summed E-state index contributed by atoms with van der Waals surface area (Å²) >= 11 is 6.41. The molecule has 0 radical (unpaired) electrons. The molecule has 5 rings (SSSR count). The Balaban J connectivity index is 1.84. The summed E-state index contributed by atoms with van der Waals surface area (Å²) in [4.78, 5) is 26.0. The molecule has 0 aliphatic rings. The van der Waals surface area contributed by atoms with E-state index in [1.165, 1.54) is 11.6 Å². The van der Waals surface area contributed by atoms with Crippen molar-refractivity contribution in [2.45, 2.75) is 13.5 Å². The molecule has 0 fully saturated rings. The molecular weight excluding hydrogens is 444 g/mol.